The highest BCUT2D eigenvalue weighted by molar-refractivity contribution is 5.94. The van der Waals surface area contributed by atoms with E-state index in [1.807, 2.05) is 26.8 Å². The maximum atomic E-state index is 14.9. The zero-order valence-corrected chi connectivity index (χ0v) is 24.5. The summed E-state index contributed by atoms with van der Waals surface area (Å²) in [6.45, 7) is 9.32. The third-order valence-electron chi connectivity index (χ3n) is 6.54. The lowest BCUT2D eigenvalue weighted by molar-refractivity contribution is -0.134. The molecule has 0 unspecified atom stereocenters. The Kier molecular flexibility index (Phi) is 10.4. The van der Waals surface area contributed by atoms with Crippen molar-refractivity contribution in [3.63, 3.8) is 0 Å². The molecule has 10 nitrogen and oxygen atoms in total. The van der Waals surface area contributed by atoms with Crippen LogP contribution in [-0.4, -0.2) is 51.6 Å². The van der Waals surface area contributed by atoms with Crippen LogP contribution in [0.4, 0.5) is 19.3 Å². The number of nitrogens with one attached hydrogen (secondary N) is 1. The van der Waals surface area contributed by atoms with Gasteiger partial charge in [0.1, 0.15) is 17.5 Å². The Morgan fingerprint density at radius 1 is 1.14 bits per heavy atom. The van der Waals surface area contributed by atoms with E-state index in [2.05, 4.69) is 5.32 Å². The summed E-state index contributed by atoms with van der Waals surface area (Å²) in [5.41, 5.74) is 11.7. The third kappa shape index (κ3) is 8.35. The summed E-state index contributed by atoms with van der Waals surface area (Å²) in [6, 6.07) is 8.97. The second-order valence-corrected chi connectivity index (χ2v) is 11.2. The zero-order chi connectivity index (χ0) is 31.2. The van der Waals surface area contributed by atoms with Crippen LogP contribution in [0.25, 0.3) is 11.3 Å². The summed E-state index contributed by atoms with van der Waals surface area (Å²) < 4.78 is 35.7. The average Bonchev–Trinajstić information content (AvgIpc) is 3.28. The van der Waals surface area contributed by atoms with Gasteiger partial charge in [0.05, 0.1) is 24.4 Å². The van der Waals surface area contributed by atoms with E-state index in [9.17, 15) is 23.2 Å². The van der Waals surface area contributed by atoms with Crippen molar-refractivity contribution in [1.29, 1.82) is 0 Å². The van der Waals surface area contributed by atoms with Gasteiger partial charge in [-0.25, -0.2) is 18.6 Å². The van der Waals surface area contributed by atoms with Gasteiger partial charge in [0.15, 0.2) is 0 Å². The quantitative estimate of drug-likeness (QED) is 0.281. The predicted octanol–water partition coefficient (Wildman–Crippen LogP) is 4.58. The van der Waals surface area contributed by atoms with E-state index in [1.165, 1.54) is 6.92 Å². The van der Waals surface area contributed by atoms with Crippen LogP contribution in [0.2, 0.25) is 0 Å². The van der Waals surface area contributed by atoms with E-state index >= 15 is 0 Å². The molecule has 0 saturated carbocycles. The summed E-state index contributed by atoms with van der Waals surface area (Å²) in [4.78, 5) is 42.6. The summed E-state index contributed by atoms with van der Waals surface area (Å²) >= 11 is 0. The molecule has 2 atom stereocenters. The molecule has 0 aliphatic carbocycles. The lowest BCUT2D eigenvalue weighted by Crippen LogP contribution is -2.42. The normalized spacial score (nSPS) is 12.9. The third-order valence-corrected chi connectivity index (χ3v) is 6.54. The van der Waals surface area contributed by atoms with Crippen molar-refractivity contribution >= 4 is 23.6 Å². The van der Waals surface area contributed by atoms with E-state index in [4.69, 9.17) is 21.2 Å². The Labute approximate surface area is 244 Å². The Morgan fingerprint density at radius 3 is 2.48 bits per heavy atom. The fraction of sp³-hybridized carbons (Fsp3) is 0.400. The lowest BCUT2D eigenvalue weighted by atomic mass is 9.84. The number of carbonyl (C=O) groups excluding carboxylic acids is 3. The van der Waals surface area contributed by atoms with Gasteiger partial charge in [0.25, 0.3) is 0 Å². The minimum absolute atomic E-state index is 0.0180. The number of hydrogen-bond donors (Lipinski definition) is 3. The SMILES string of the molecule is CC(=O)N(CCCOC(N)=O)[C@@H](c1nc(-c2cc(F)ccc2F)cn1Cc1cccc(NC(=O)[C@H](C)N)c1)C(C)(C)C. The number of benzene rings is 2. The largest absolute Gasteiger partial charge is 0.450 e. The molecule has 3 rings (SSSR count). The van der Waals surface area contributed by atoms with Crippen molar-refractivity contribution in [3.8, 4) is 11.3 Å². The van der Waals surface area contributed by atoms with Gasteiger partial charge in [0, 0.05) is 37.5 Å². The Balaban J connectivity index is 2.12. The molecule has 5 N–H and O–H groups in total. The first-order valence-corrected chi connectivity index (χ1v) is 13.5. The number of nitrogens with two attached hydrogens (primary N) is 2. The maximum absolute atomic E-state index is 14.9. The highest BCUT2D eigenvalue weighted by Gasteiger charge is 2.37. The molecule has 0 saturated heterocycles. The molecule has 0 radical (unpaired) electrons. The van der Waals surface area contributed by atoms with E-state index in [-0.39, 0.29) is 42.8 Å². The first kappa shape index (κ1) is 32.2. The molecule has 42 heavy (non-hydrogen) atoms. The van der Waals surface area contributed by atoms with Gasteiger partial charge >= 0.3 is 6.09 Å². The number of halogens is 2. The highest BCUT2D eigenvalue weighted by atomic mass is 19.1. The average molecular weight is 585 g/mol. The van der Waals surface area contributed by atoms with Gasteiger partial charge in [0.2, 0.25) is 11.8 Å². The van der Waals surface area contributed by atoms with Crippen molar-refractivity contribution < 1.29 is 27.9 Å². The number of imidazole rings is 1. The van der Waals surface area contributed by atoms with Crippen LogP contribution in [0.3, 0.4) is 0 Å². The number of amides is 3. The van der Waals surface area contributed by atoms with Crippen LogP contribution < -0.4 is 16.8 Å². The molecule has 226 valence electrons. The molecule has 0 spiro atoms. The number of carbonyl (C=O) groups is 3. The topological polar surface area (TPSA) is 146 Å². The molecule has 0 aliphatic heterocycles. The number of nitrogens with zero attached hydrogens (tertiary/aromatic N) is 3. The summed E-state index contributed by atoms with van der Waals surface area (Å²) in [5.74, 6) is -1.41. The number of aromatic nitrogens is 2. The highest BCUT2D eigenvalue weighted by Crippen LogP contribution is 2.39. The second kappa shape index (κ2) is 13.6. The number of primary amides is 1. The maximum Gasteiger partial charge on any atom is 0.404 e. The molecular formula is C30H38F2N6O4. The smallest absolute Gasteiger partial charge is 0.404 e. The monoisotopic (exact) mass is 584 g/mol. The zero-order valence-electron chi connectivity index (χ0n) is 24.5. The summed E-state index contributed by atoms with van der Waals surface area (Å²) in [5, 5.41) is 2.77. The summed E-state index contributed by atoms with van der Waals surface area (Å²) in [6.07, 6.45) is 1.03. The minimum atomic E-state index is -0.909. The number of hydrogen-bond acceptors (Lipinski definition) is 6. The standard InChI is InChI=1S/C30H38F2N6O4/c1-18(33)28(40)35-22-9-6-8-20(14-22)16-37-17-25(23-15-21(31)10-11-24(23)32)36-27(37)26(30(3,4)5)38(19(2)39)12-7-13-42-29(34)41/h6,8-11,14-15,17-18,26H,7,12-13,16,33H2,1-5H3,(H2,34,41)(H,35,40)/t18-,26-/m0/s1. The molecule has 2 aromatic carbocycles. The van der Waals surface area contributed by atoms with Gasteiger partial charge in [-0.3, -0.25) is 9.59 Å². The molecule has 0 bridgehead atoms. The van der Waals surface area contributed by atoms with Gasteiger partial charge in [-0.2, -0.15) is 0 Å². The van der Waals surface area contributed by atoms with Crippen molar-refractivity contribution in [2.45, 2.75) is 59.7 Å². The van der Waals surface area contributed by atoms with Crippen LogP contribution in [0.1, 0.15) is 58.5 Å². The van der Waals surface area contributed by atoms with E-state index < -0.39 is 35.2 Å². The number of ether oxygens (including phenoxy) is 1. The van der Waals surface area contributed by atoms with E-state index in [0.29, 0.717) is 17.9 Å². The van der Waals surface area contributed by atoms with Crippen LogP contribution >= 0.6 is 0 Å². The Hall–Kier alpha value is -4.32. The van der Waals surface area contributed by atoms with Crippen molar-refractivity contribution in [2.75, 3.05) is 18.5 Å². The first-order chi connectivity index (χ1) is 19.7. The first-order valence-electron chi connectivity index (χ1n) is 13.5. The van der Waals surface area contributed by atoms with E-state index in [1.54, 1.807) is 40.8 Å². The molecule has 1 aromatic heterocycles. The predicted molar refractivity (Wildman–Crippen MR) is 155 cm³/mol. The van der Waals surface area contributed by atoms with Crippen molar-refractivity contribution in [3.05, 3.63) is 71.7 Å². The van der Waals surface area contributed by atoms with Crippen LogP contribution in [0, 0.1) is 17.0 Å². The van der Waals surface area contributed by atoms with Crippen LogP contribution in [-0.2, 0) is 20.9 Å². The molecule has 0 aliphatic rings. The van der Waals surface area contributed by atoms with E-state index in [0.717, 1.165) is 23.8 Å². The molecule has 1 heterocycles. The fourth-order valence-electron chi connectivity index (χ4n) is 4.67. The second-order valence-electron chi connectivity index (χ2n) is 11.2. The number of anilines is 1. The van der Waals surface area contributed by atoms with Crippen LogP contribution in [0.5, 0.6) is 0 Å². The summed E-state index contributed by atoms with van der Waals surface area (Å²) in [7, 11) is 0. The van der Waals surface area contributed by atoms with Crippen LogP contribution in [0.15, 0.2) is 48.7 Å². The minimum Gasteiger partial charge on any atom is -0.450 e. The molecule has 12 heteroatoms. The van der Waals surface area contributed by atoms with Gasteiger partial charge < -0.3 is 31.0 Å². The number of rotatable bonds is 11. The lowest BCUT2D eigenvalue weighted by Gasteiger charge is -2.39. The van der Waals surface area contributed by atoms with Gasteiger partial charge in [-0.1, -0.05) is 32.9 Å². The molecular weight excluding hydrogens is 546 g/mol. The molecule has 0 fully saturated rings. The van der Waals surface area contributed by atoms with Crippen molar-refractivity contribution in [2.24, 2.45) is 16.9 Å². The van der Waals surface area contributed by atoms with Crippen molar-refractivity contribution in [1.82, 2.24) is 14.5 Å². The van der Waals surface area contributed by atoms with Gasteiger partial charge in [-0.15, -0.1) is 0 Å². The Bertz CT molecular complexity index is 1430. The van der Waals surface area contributed by atoms with Gasteiger partial charge in [-0.05, 0) is 54.7 Å². The fourth-order valence-corrected chi connectivity index (χ4v) is 4.67. The molecule has 3 amide bonds. The Morgan fingerprint density at radius 2 is 1.86 bits per heavy atom. The molecule has 3 aromatic rings.